The number of hydrogen-bond acceptors (Lipinski definition) is 4. The van der Waals surface area contributed by atoms with Crippen molar-refractivity contribution in [2.45, 2.75) is 13.2 Å². The maximum atomic E-state index is 12.4. The standard InChI is InChI=1S/C29H23N3O2/c33-29(32-18-21-6-5-15-30-17-21)22-11-13-26(14-12-22)34-20-24-8-1-3-9-27(24)25-16-23-7-2-4-10-28(23)31-19-25/h1-17,19H,18,20H2,(H,32,33). The molecule has 0 fully saturated rings. The van der Waals surface area contributed by atoms with Crippen molar-refractivity contribution < 1.29 is 9.53 Å². The first-order chi connectivity index (χ1) is 16.8. The van der Waals surface area contributed by atoms with E-state index in [0.29, 0.717) is 24.5 Å². The molecule has 0 saturated heterocycles. The van der Waals surface area contributed by atoms with Gasteiger partial charge < -0.3 is 10.1 Å². The molecule has 5 rings (SSSR count). The van der Waals surface area contributed by atoms with E-state index in [2.05, 4.69) is 39.6 Å². The molecule has 0 aliphatic rings. The number of nitrogens with one attached hydrogen (secondary N) is 1. The van der Waals surface area contributed by atoms with Gasteiger partial charge in [-0.2, -0.15) is 0 Å². The average molecular weight is 446 g/mol. The van der Waals surface area contributed by atoms with Crippen molar-refractivity contribution in [1.82, 2.24) is 15.3 Å². The number of carbonyl (C=O) groups is 1. The molecule has 34 heavy (non-hydrogen) atoms. The lowest BCUT2D eigenvalue weighted by molar-refractivity contribution is 0.0951. The maximum Gasteiger partial charge on any atom is 0.251 e. The molecule has 0 atom stereocenters. The summed E-state index contributed by atoms with van der Waals surface area (Å²) in [6, 6.07) is 29.4. The summed E-state index contributed by atoms with van der Waals surface area (Å²) in [6.07, 6.45) is 5.35. The zero-order chi connectivity index (χ0) is 23.2. The minimum atomic E-state index is -0.135. The molecule has 0 spiro atoms. The lowest BCUT2D eigenvalue weighted by Crippen LogP contribution is -2.22. The summed E-state index contributed by atoms with van der Waals surface area (Å²) in [4.78, 5) is 21.1. The Balaban J connectivity index is 1.25. The Hall–Kier alpha value is -4.51. The third-order valence-electron chi connectivity index (χ3n) is 5.61. The predicted molar refractivity (Wildman–Crippen MR) is 133 cm³/mol. The van der Waals surface area contributed by atoms with E-state index >= 15 is 0 Å². The molecular weight excluding hydrogens is 422 g/mol. The van der Waals surface area contributed by atoms with Crippen molar-refractivity contribution in [2.24, 2.45) is 0 Å². The Kier molecular flexibility index (Phi) is 6.25. The number of pyridine rings is 2. The van der Waals surface area contributed by atoms with Gasteiger partial charge in [-0.1, -0.05) is 48.5 Å². The molecule has 3 aromatic carbocycles. The molecule has 1 N–H and O–H groups in total. The number of hydrogen-bond donors (Lipinski definition) is 1. The summed E-state index contributed by atoms with van der Waals surface area (Å²) in [5, 5.41) is 4.01. The van der Waals surface area contributed by atoms with Gasteiger partial charge in [0.05, 0.1) is 5.52 Å². The van der Waals surface area contributed by atoms with Crippen molar-refractivity contribution in [3.8, 4) is 16.9 Å². The second-order valence-corrected chi connectivity index (χ2v) is 7.93. The van der Waals surface area contributed by atoms with E-state index in [9.17, 15) is 4.79 Å². The second kappa shape index (κ2) is 9.96. The quantitative estimate of drug-likeness (QED) is 0.344. The number of fused-ring (bicyclic) bond motifs is 1. The van der Waals surface area contributed by atoms with Gasteiger partial charge in [0.2, 0.25) is 0 Å². The van der Waals surface area contributed by atoms with E-state index in [0.717, 1.165) is 33.2 Å². The summed E-state index contributed by atoms with van der Waals surface area (Å²) in [7, 11) is 0. The monoisotopic (exact) mass is 445 g/mol. The zero-order valence-electron chi connectivity index (χ0n) is 18.5. The van der Waals surface area contributed by atoms with Crippen LogP contribution in [0, 0.1) is 0 Å². The van der Waals surface area contributed by atoms with Crippen LogP contribution >= 0.6 is 0 Å². The van der Waals surface area contributed by atoms with E-state index in [-0.39, 0.29) is 5.91 Å². The van der Waals surface area contributed by atoms with Crippen LogP contribution in [0.3, 0.4) is 0 Å². The predicted octanol–water partition coefficient (Wildman–Crippen LogP) is 5.81. The second-order valence-electron chi connectivity index (χ2n) is 7.93. The van der Waals surface area contributed by atoms with Gasteiger partial charge in [-0.15, -0.1) is 0 Å². The molecular formula is C29H23N3O2. The number of para-hydroxylation sites is 1. The number of nitrogens with zero attached hydrogens (tertiary/aromatic N) is 2. The van der Waals surface area contributed by atoms with E-state index in [1.807, 2.05) is 60.8 Å². The summed E-state index contributed by atoms with van der Waals surface area (Å²) in [6.45, 7) is 0.848. The van der Waals surface area contributed by atoms with Crippen LogP contribution in [0.4, 0.5) is 0 Å². The van der Waals surface area contributed by atoms with Gasteiger partial charge >= 0.3 is 0 Å². The lowest BCUT2D eigenvalue weighted by atomic mass is 10.0. The van der Waals surface area contributed by atoms with E-state index in [1.54, 1.807) is 24.5 Å². The summed E-state index contributed by atoms with van der Waals surface area (Å²) in [5.41, 5.74) is 5.73. The van der Waals surface area contributed by atoms with Crippen LogP contribution in [0.5, 0.6) is 5.75 Å². The highest BCUT2D eigenvalue weighted by Crippen LogP contribution is 2.27. The van der Waals surface area contributed by atoms with Gasteiger partial charge in [-0.25, -0.2) is 0 Å². The lowest BCUT2D eigenvalue weighted by Gasteiger charge is -2.12. The molecule has 166 valence electrons. The molecule has 0 aliphatic carbocycles. The summed E-state index contributed by atoms with van der Waals surface area (Å²) in [5.74, 6) is 0.569. The molecule has 0 radical (unpaired) electrons. The average Bonchev–Trinajstić information content (AvgIpc) is 2.91. The Morgan fingerprint density at radius 3 is 2.53 bits per heavy atom. The zero-order valence-corrected chi connectivity index (χ0v) is 18.5. The molecule has 0 aliphatic heterocycles. The van der Waals surface area contributed by atoms with E-state index in [4.69, 9.17) is 4.74 Å². The third kappa shape index (κ3) is 4.94. The first-order valence-electron chi connectivity index (χ1n) is 11.1. The fourth-order valence-corrected chi connectivity index (χ4v) is 3.80. The smallest absolute Gasteiger partial charge is 0.251 e. The highest BCUT2D eigenvalue weighted by Gasteiger charge is 2.09. The first kappa shape index (κ1) is 21.3. The Morgan fingerprint density at radius 2 is 1.68 bits per heavy atom. The van der Waals surface area contributed by atoms with Crippen LogP contribution in [0.25, 0.3) is 22.0 Å². The fourth-order valence-electron chi connectivity index (χ4n) is 3.80. The van der Waals surface area contributed by atoms with Crippen LogP contribution < -0.4 is 10.1 Å². The highest BCUT2D eigenvalue weighted by atomic mass is 16.5. The van der Waals surface area contributed by atoms with Gasteiger partial charge in [0, 0.05) is 41.6 Å². The van der Waals surface area contributed by atoms with Crippen molar-refractivity contribution >= 4 is 16.8 Å². The van der Waals surface area contributed by atoms with Gasteiger partial charge in [-0.3, -0.25) is 14.8 Å². The number of carbonyl (C=O) groups excluding carboxylic acids is 1. The Labute approximate surface area is 198 Å². The number of aromatic nitrogens is 2. The number of ether oxygens (including phenoxy) is 1. The number of benzene rings is 3. The van der Waals surface area contributed by atoms with E-state index < -0.39 is 0 Å². The molecule has 5 heteroatoms. The van der Waals surface area contributed by atoms with E-state index in [1.165, 1.54) is 0 Å². The SMILES string of the molecule is O=C(NCc1cccnc1)c1ccc(OCc2ccccc2-c2cnc3ccccc3c2)cc1. The molecule has 1 amide bonds. The van der Waals surface area contributed by atoms with Gasteiger partial charge in [-0.05, 0) is 59.2 Å². The van der Waals surface area contributed by atoms with Gasteiger partial charge in [0.15, 0.2) is 0 Å². The van der Waals surface area contributed by atoms with Crippen LogP contribution in [-0.2, 0) is 13.2 Å². The summed E-state index contributed by atoms with van der Waals surface area (Å²) < 4.78 is 6.05. The molecule has 0 bridgehead atoms. The summed E-state index contributed by atoms with van der Waals surface area (Å²) >= 11 is 0. The van der Waals surface area contributed by atoms with Crippen molar-refractivity contribution in [3.05, 3.63) is 126 Å². The molecule has 0 saturated carbocycles. The molecule has 2 heterocycles. The molecule has 5 nitrogen and oxygen atoms in total. The first-order valence-corrected chi connectivity index (χ1v) is 11.1. The highest BCUT2D eigenvalue weighted by molar-refractivity contribution is 5.94. The van der Waals surface area contributed by atoms with Crippen molar-refractivity contribution in [1.29, 1.82) is 0 Å². The van der Waals surface area contributed by atoms with Crippen molar-refractivity contribution in [3.63, 3.8) is 0 Å². The molecule has 0 unspecified atom stereocenters. The van der Waals surface area contributed by atoms with Gasteiger partial charge in [0.25, 0.3) is 5.91 Å². The van der Waals surface area contributed by atoms with Crippen LogP contribution in [-0.4, -0.2) is 15.9 Å². The molecule has 2 aromatic heterocycles. The fraction of sp³-hybridized carbons (Fsp3) is 0.0690. The Morgan fingerprint density at radius 1 is 0.853 bits per heavy atom. The topological polar surface area (TPSA) is 64.1 Å². The van der Waals surface area contributed by atoms with Crippen LogP contribution in [0.1, 0.15) is 21.5 Å². The normalized spacial score (nSPS) is 10.7. The number of rotatable bonds is 7. The minimum absolute atomic E-state index is 0.135. The largest absolute Gasteiger partial charge is 0.489 e. The minimum Gasteiger partial charge on any atom is -0.489 e. The van der Waals surface area contributed by atoms with Crippen LogP contribution in [0.2, 0.25) is 0 Å². The van der Waals surface area contributed by atoms with Gasteiger partial charge in [0.1, 0.15) is 12.4 Å². The third-order valence-corrected chi connectivity index (χ3v) is 5.61. The molecule has 5 aromatic rings. The Bertz CT molecular complexity index is 1420. The van der Waals surface area contributed by atoms with Crippen LogP contribution in [0.15, 0.2) is 110 Å². The van der Waals surface area contributed by atoms with Crippen molar-refractivity contribution in [2.75, 3.05) is 0 Å². The number of amides is 1. The maximum absolute atomic E-state index is 12.4.